The summed E-state index contributed by atoms with van der Waals surface area (Å²) in [4.78, 5) is 8.61. The zero-order valence-electron chi connectivity index (χ0n) is 11.2. The van der Waals surface area contributed by atoms with Gasteiger partial charge in [-0.15, -0.1) is 0 Å². The number of rotatable bonds is 4. The first kappa shape index (κ1) is 13.2. The smallest absolute Gasteiger partial charge is 0.157 e. The molecule has 1 aromatic carbocycles. The van der Waals surface area contributed by atoms with Crippen molar-refractivity contribution in [3.8, 4) is 0 Å². The summed E-state index contributed by atoms with van der Waals surface area (Å²) in [5, 5.41) is 4.57. The maximum atomic E-state index is 4.58. The Kier molecular flexibility index (Phi) is 4.33. The highest BCUT2D eigenvalue weighted by Crippen LogP contribution is 2.16. The predicted octanol–water partition coefficient (Wildman–Crippen LogP) is 2.89. The Bertz CT molecular complexity index is 569. The number of hydrogen-bond acceptors (Lipinski definition) is 4. The third kappa shape index (κ3) is 3.61. The van der Waals surface area contributed by atoms with Crippen LogP contribution in [0.25, 0.3) is 0 Å². The van der Waals surface area contributed by atoms with Crippen LogP contribution in [-0.4, -0.2) is 22.7 Å². The highest BCUT2D eigenvalue weighted by atomic mass is 32.2. The molecule has 1 atom stereocenters. The van der Waals surface area contributed by atoms with Gasteiger partial charge in [0.15, 0.2) is 5.17 Å². The molecule has 0 saturated heterocycles. The molecule has 0 spiro atoms. The zero-order valence-corrected chi connectivity index (χ0v) is 12.0. The van der Waals surface area contributed by atoms with Gasteiger partial charge in [-0.1, -0.05) is 42.1 Å². The molecule has 0 bridgehead atoms. The molecule has 1 unspecified atom stereocenters. The molecule has 0 fully saturated rings. The van der Waals surface area contributed by atoms with Crippen LogP contribution < -0.4 is 5.32 Å². The van der Waals surface area contributed by atoms with Crippen molar-refractivity contribution < 1.29 is 0 Å². The van der Waals surface area contributed by atoms with E-state index in [-0.39, 0.29) is 0 Å². The van der Waals surface area contributed by atoms with Crippen LogP contribution >= 0.6 is 11.8 Å². The minimum Gasteiger partial charge on any atom is -0.360 e. The van der Waals surface area contributed by atoms with Crippen LogP contribution in [0.3, 0.4) is 0 Å². The molecule has 0 radical (unpaired) electrons. The normalized spacial score (nSPS) is 17.6. The molecule has 102 valence electrons. The van der Waals surface area contributed by atoms with Gasteiger partial charge in [0.1, 0.15) is 0 Å². The van der Waals surface area contributed by atoms with Gasteiger partial charge in [-0.3, -0.25) is 9.98 Å². The van der Waals surface area contributed by atoms with Crippen LogP contribution in [0.2, 0.25) is 0 Å². The lowest BCUT2D eigenvalue weighted by molar-refractivity contribution is 0.656. The lowest BCUT2D eigenvalue weighted by atomic mass is 10.1. The maximum absolute atomic E-state index is 4.58. The Hall–Kier alpha value is -1.81. The molecule has 3 rings (SSSR count). The maximum Gasteiger partial charge on any atom is 0.157 e. The van der Waals surface area contributed by atoms with E-state index in [0.717, 1.165) is 23.9 Å². The van der Waals surface area contributed by atoms with E-state index in [4.69, 9.17) is 0 Å². The molecule has 0 amide bonds. The van der Waals surface area contributed by atoms with E-state index in [0.29, 0.717) is 6.04 Å². The van der Waals surface area contributed by atoms with Crippen LogP contribution in [0.15, 0.2) is 59.9 Å². The van der Waals surface area contributed by atoms with E-state index in [2.05, 4.69) is 45.6 Å². The van der Waals surface area contributed by atoms with Crippen LogP contribution in [0, 0.1) is 0 Å². The Balaban J connectivity index is 1.47. The van der Waals surface area contributed by atoms with E-state index in [1.165, 1.54) is 11.1 Å². The second-order valence-corrected chi connectivity index (χ2v) is 5.79. The van der Waals surface area contributed by atoms with Crippen molar-refractivity contribution in [2.75, 3.05) is 6.54 Å². The molecule has 20 heavy (non-hydrogen) atoms. The highest BCUT2D eigenvalue weighted by molar-refractivity contribution is 8.13. The zero-order chi connectivity index (χ0) is 13.6. The molecule has 0 aliphatic carbocycles. The van der Waals surface area contributed by atoms with Gasteiger partial charge in [0, 0.05) is 18.1 Å². The van der Waals surface area contributed by atoms with Gasteiger partial charge >= 0.3 is 0 Å². The first-order valence-electron chi connectivity index (χ1n) is 6.77. The summed E-state index contributed by atoms with van der Waals surface area (Å²) in [6, 6.07) is 15.1. The third-order valence-electron chi connectivity index (χ3n) is 3.23. The minimum absolute atomic E-state index is 0.428. The van der Waals surface area contributed by atoms with Crippen molar-refractivity contribution in [1.29, 1.82) is 0 Å². The summed E-state index contributed by atoms with van der Waals surface area (Å²) < 4.78 is 0. The predicted molar refractivity (Wildman–Crippen MR) is 84.9 cm³/mol. The van der Waals surface area contributed by atoms with Gasteiger partial charge in [-0.05, 0) is 29.7 Å². The van der Waals surface area contributed by atoms with E-state index in [1.54, 1.807) is 11.8 Å². The second-order valence-electron chi connectivity index (χ2n) is 4.82. The van der Waals surface area contributed by atoms with E-state index in [1.807, 2.05) is 24.5 Å². The molecule has 1 N–H and O–H groups in total. The molecule has 2 aromatic rings. The number of aromatic nitrogens is 1. The lowest BCUT2D eigenvalue weighted by Gasteiger charge is -2.11. The molecule has 0 saturated carbocycles. The van der Waals surface area contributed by atoms with Gasteiger partial charge in [0.05, 0.1) is 12.6 Å². The fraction of sp³-hybridized carbons (Fsp3) is 0.250. The van der Waals surface area contributed by atoms with Gasteiger partial charge in [0.2, 0.25) is 0 Å². The Morgan fingerprint density at radius 2 is 1.85 bits per heavy atom. The summed E-state index contributed by atoms with van der Waals surface area (Å²) >= 11 is 1.76. The van der Waals surface area contributed by atoms with E-state index >= 15 is 0 Å². The number of thioether (sulfide) groups is 1. The number of pyridine rings is 1. The Labute approximate surface area is 123 Å². The van der Waals surface area contributed by atoms with Crippen molar-refractivity contribution in [2.24, 2.45) is 4.99 Å². The molecule has 4 heteroatoms. The number of benzene rings is 1. The molecule has 2 heterocycles. The monoisotopic (exact) mass is 283 g/mol. The van der Waals surface area contributed by atoms with Crippen LogP contribution in [0.5, 0.6) is 0 Å². The number of hydrogen-bond donors (Lipinski definition) is 1. The number of amidine groups is 1. The number of nitrogens with one attached hydrogen (secondary N) is 1. The van der Waals surface area contributed by atoms with Crippen LogP contribution in [0.4, 0.5) is 0 Å². The summed E-state index contributed by atoms with van der Waals surface area (Å²) in [7, 11) is 0. The SMILES string of the molecule is c1ccc(CC2CN=C(SCc3ccncc3)N2)cc1. The fourth-order valence-electron chi connectivity index (χ4n) is 2.19. The summed E-state index contributed by atoms with van der Waals surface area (Å²) in [5.74, 6) is 0.937. The molecule has 1 aliphatic heterocycles. The van der Waals surface area contributed by atoms with Gasteiger partial charge < -0.3 is 5.32 Å². The quantitative estimate of drug-likeness (QED) is 0.937. The molecule has 1 aromatic heterocycles. The van der Waals surface area contributed by atoms with Crippen molar-refractivity contribution in [2.45, 2.75) is 18.2 Å². The van der Waals surface area contributed by atoms with Crippen molar-refractivity contribution in [3.63, 3.8) is 0 Å². The topological polar surface area (TPSA) is 37.3 Å². The van der Waals surface area contributed by atoms with Gasteiger partial charge in [-0.2, -0.15) is 0 Å². The Morgan fingerprint density at radius 3 is 2.65 bits per heavy atom. The molecular formula is C16H17N3S. The Morgan fingerprint density at radius 1 is 1.05 bits per heavy atom. The molecule has 1 aliphatic rings. The summed E-state index contributed by atoms with van der Waals surface area (Å²) in [6.07, 6.45) is 4.69. The third-order valence-corrected chi connectivity index (χ3v) is 4.23. The van der Waals surface area contributed by atoms with Crippen molar-refractivity contribution in [1.82, 2.24) is 10.3 Å². The van der Waals surface area contributed by atoms with E-state index in [9.17, 15) is 0 Å². The average molecular weight is 283 g/mol. The highest BCUT2D eigenvalue weighted by Gasteiger charge is 2.17. The van der Waals surface area contributed by atoms with Crippen LogP contribution in [0.1, 0.15) is 11.1 Å². The largest absolute Gasteiger partial charge is 0.360 e. The van der Waals surface area contributed by atoms with E-state index < -0.39 is 0 Å². The van der Waals surface area contributed by atoms with Crippen molar-refractivity contribution >= 4 is 16.9 Å². The van der Waals surface area contributed by atoms with Gasteiger partial charge in [-0.25, -0.2) is 0 Å². The first-order valence-corrected chi connectivity index (χ1v) is 7.75. The molecule has 3 nitrogen and oxygen atoms in total. The second kappa shape index (κ2) is 6.57. The first-order chi connectivity index (χ1) is 9.90. The number of aliphatic imine (C=N–C) groups is 1. The van der Waals surface area contributed by atoms with Crippen LogP contribution in [-0.2, 0) is 12.2 Å². The minimum atomic E-state index is 0.428. The standard InChI is InChI=1S/C16H17N3S/c1-2-4-13(5-3-1)10-15-11-18-16(19-15)20-12-14-6-8-17-9-7-14/h1-9,15H,10-12H2,(H,18,19). The molecular weight excluding hydrogens is 266 g/mol. The average Bonchev–Trinajstić information content (AvgIpc) is 2.95. The number of nitrogens with zero attached hydrogens (tertiary/aromatic N) is 2. The lowest BCUT2D eigenvalue weighted by Crippen LogP contribution is -2.30. The van der Waals surface area contributed by atoms with Gasteiger partial charge in [0.25, 0.3) is 0 Å². The fourth-order valence-corrected chi connectivity index (χ4v) is 3.10. The summed E-state index contributed by atoms with van der Waals surface area (Å²) in [6.45, 7) is 0.869. The van der Waals surface area contributed by atoms with Crippen molar-refractivity contribution in [3.05, 3.63) is 66.0 Å². The summed E-state index contributed by atoms with van der Waals surface area (Å²) in [5.41, 5.74) is 2.64.